The number of hydrogen-bond acceptors (Lipinski definition) is 4. The van der Waals surface area contributed by atoms with Crippen molar-refractivity contribution in [3.63, 3.8) is 0 Å². The normalized spacial score (nSPS) is 10.5. The molecule has 0 unspecified atom stereocenters. The van der Waals surface area contributed by atoms with Gasteiger partial charge in [-0.05, 0) is 12.0 Å². The molecule has 1 aromatic heterocycles. The average molecular weight is 365 g/mol. The van der Waals surface area contributed by atoms with Crippen molar-refractivity contribution in [2.75, 3.05) is 12.3 Å². The quantitative estimate of drug-likeness (QED) is 0.499. The third kappa shape index (κ3) is 5.32. The Bertz CT molecular complexity index is 911. The van der Waals surface area contributed by atoms with Gasteiger partial charge in [-0.1, -0.05) is 72.4 Å². The predicted molar refractivity (Wildman–Crippen MR) is 104 cm³/mol. The number of thioether (sulfide) groups is 1. The van der Waals surface area contributed by atoms with E-state index in [9.17, 15) is 9.59 Å². The second kappa shape index (κ2) is 9.01. The fourth-order valence-corrected chi connectivity index (χ4v) is 3.14. The molecule has 0 fully saturated rings. The van der Waals surface area contributed by atoms with Crippen molar-refractivity contribution >= 4 is 17.7 Å². The molecule has 1 amide bonds. The van der Waals surface area contributed by atoms with E-state index in [1.165, 1.54) is 23.4 Å². The molecule has 132 valence electrons. The number of nitrogens with zero attached hydrogens (tertiary/aromatic N) is 1. The first kappa shape index (κ1) is 17.9. The molecule has 0 spiro atoms. The highest BCUT2D eigenvalue weighted by Gasteiger charge is 2.07. The predicted octanol–water partition coefficient (Wildman–Crippen LogP) is 2.89. The zero-order chi connectivity index (χ0) is 18.2. The summed E-state index contributed by atoms with van der Waals surface area (Å²) in [4.78, 5) is 30.9. The van der Waals surface area contributed by atoms with Crippen molar-refractivity contribution < 1.29 is 4.79 Å². The lowest BCUT2D eigenvalue weighted by molar-refractivity contribution is -0.118. The van der Waals surface area contributed by atoms with E-state index in [0.717, 1.165) is 12.0 Å². The van der Waals surface area contributed by atoms with Crippen molar-refractivity contribution in [3.8, 4) is 11.3 Å². The zero-order valence-corrected chi connectivity index (χ0v) is 15.0. The minimum absolute atomic E-state index is 0.0845. The summed E-state index contributed by atoms with van der Waals surface area (Å²) in [6.45, 7) is 0.581. The number of benzene rings is 2. The summed E-state index contributed by atoms with van der Waals surface area (Å²) in [5.41, 5.74) is 2.42. The van der Waals surface area contributed by atoms with Gasteiger partial charge in [-0.2, -0.15) is 0 Å². The Balaban J connectivity index is 1.53. The lowest BCUT2D eigenvalue weighted by Crippen LogP contribution is -2.27. The van der Waals surface area contributed by atoms with E-state index in [1.54, 1.807) is 0 Å². The molecule has 26 heavy (non-hydrogen) atoms. The Kier molecular flexibility index (Phi) is 6.22. The Morgan fingerprint density at radius 3 is 2.46 bits per heavy atom. The molecule has 0 saturated heterocycles. The van der Waals surface area contributed by atoms with Gasteiger partial charge < -0.3 is 10.3 Å². The molecule has 0 aliphatic rings. The van der Waals surface area contributed by atoms with E-state index in [-0.39, 0.29) is 17.2 Å². The van der Waals surface area contributed by atoms with E-state index in [2.05, 4.69) is 15.3 Å². The van der Waals surface area contributed by atoms with E-state index in [1.807, 2.05) is 60.7 Å². The highest BCUT2D eigenvalue weighted by Crippen LogP contribution is 2.18. The van der Waals surface area contributed by atoms with Crippen molar-refractivity contribution in [1.82, 2.24) is 15.3 Å². The van der Waals surface area contributed by atoms with Crippen LogP contribution in [0.1, 0.15) is 5.56 Å². The standard InChI is InChI=1S/C20H19N3O2S/c24-18-13-17(16-9-5-2-6-10-16)22-20(23-18)26-14-19(25)21-12-11-15-7-3-1-4-8-15/h1-10,13H,11-12,14H2,(H,21,25)(H,22,23,24). The van der Waals surface area contributed by atoms with Gasteiger partial charge in [0.15, 0.2) is 5.16 Å². The molecule has 0 aliphatic heterocycles. The highest BCUT2D eigenvalue weighted by atomic mass is 32.2. The van der Waals surface area contributed by atoms with Crippen LogP contribution in [0.2, 0.25) is 0 Å². The number of carbonyl (C=O) groups excluding carboxylic acids is 1. The smallest absolute Gasteiger partial charge is 0.252 e. The number of rotatable bonds is 7. The van der Waals surface area contributed by atoms with E-state index in [0.29, 0.717) is 17.4 Å². The maximum absolute atomic E-state index is 12.0. The van der Waals surface area contributed by atoms with Crippen LogP contribution < -0.4 is 10.9 Å². The van der Waals surface area contributed by atoms with Gasteiger partial charge in [-0.3, -0.25) is 9.59 Å². The first-order valence-electron chi connectivity index (χ1n) is 8.31. The van der Waals surface area contributed by atoms with Crippen LogP contribution in [0, 0.1) is 0 Å². The van der Waals surface area contributed by atoms with Gasteiger partial charge in [0.1, 0.15) is 0 Å². The Labute approximate surface area is 155 Å². The van der Waals surface area contributed by atoms with Gasteiger partial charge >= 0.3 is 0 Å². The Hall–Kier alpha value is -2.86. The fourth-order valence-electron chi connectivity index (χ4n) is 2.44. The molecule has 0 bridgehead atoms. The van der Waals surface area contributed by atoms with E-state index in [4.69, 9.17) is 0 Å². The van der Waals surface area contributed by atoms with Crippen molar-refractivity contribution in [2.24, 2.45) is 0 Å². The number of H-pyrrole nitrogens is 1. The first-order valence-corrected chi connectivity index (χ1v) is 9.29. The molecule has 3 rings (SSSR count). The number of aromatic nitrogens is 2. The molecule has 0 atom stereocenters. The average Bonchev–Trinajstić information content (AvgIpc) is 2.67. The number of carbonyl (C=O) groups is 1. The highest BCUT2D eigenvalue weighted by molar-refractivity contribution is 7.99. The van der Waals surface area contributed by atoms with Gasteiger partial charge in [0.25, 0.3) is 5.56 Å². The third-order valence-electron chi connectivity index (χ3n) is 3.71. The van der Waals surface area contributed by atoms with Crippen LogP contribution in [-0.2, 0) is 11.2 Å². The number of amides is 1. The largest absolute Gasteiger partial charge is 0.355 e. The second-order valence-corrected chi connectivity index (χ2v) is 6.64. The molecular weight excluding hydrogens is 346 g/mol. The summed E-state index contributed by atoms with van der Waals surface area (Å²) in [6.07, 6.45) is 0.788. The maximum atomic E-state index is 12.0. The second-order valence-electron chi connectivity index (χ2n) is 5.68. The van der Waals surface area contributed by atoms with Crippen LogP contribution in [0.5, 0.6) is 0 Å². The van der Waals surface area contributed by atoms with Crippen molar-refractivity contribution in [2.45, 2.75) is 11.6 Å². The van der Waals surface area contributed by atoms with Gasteiger partial charge in [0.05, 0.1) is 11.4 Å². The topological polar surface area (TPSA) is 74.8 Å². The van der Waals surface area contributed by atoms with Crippen LogP contribution in [0.4, 0.5) is 0 Å². The molecule has 2 N–H and O–H groups in total. The van der Waals surface area contributed by atoms with Gasteiger partial charge in [-0.25, -0.2) is 4.98 Å². The minimum Gasteiger partial charge on any atom is -0.355 e. The third-order valence-corrected chi connectivity index (χ3v) is 4.58. The van der Waals surface area contributed by atoms with Gasteiger partial charge in [-0.15, -0.1) is 0 Å². The van der Waals surface area contributed by atoms with E-state index < -0.39 is 0 Å². The van der Waals surface area contributed by atoms with Gasteiger partial charge in [0.2, 0.25) is 5.91 Å². The van der Waals surface area contributed by atoms with Crippen molar-refractivity contribution in [3.05, 3.63) is 82.6 Å². The van der Waals surface area contributed by atoms with Crippen LogP contribution in [0.25, 0.3) is 11.3 Å². The van der Waals surface area contributed by atoms with Gasteiger partial charge in [0, 0.05) is 18.2 Å². The van der Waals surface area contributed by atoms with Crippen LogP contribution in [0.3, 0.4) is 0 Å². The summed E-state index contributed by atoms with van der Waals surface area (Å²) >= 11 is 1.22. The molecule has 3 aromatic rings. The molecule has 0 radical (unpaired) electrons. The summed E-state index contributed by atoms with van der Waals surface area (Å²) in [5.74, 6) is 0.120. The van der Waals surface area contributed by atoms with E-state index >= 15 is 0 Å². The number of nitrogens with one attached hydrogen (secondary N) is 2. The Morgan fingerprint density at radius 2 is 1.73 bits per heavy atom. The molecule has 1 heterocycles. The summed E-state index contributed by atoms with van der Waals surface area (Å²) < 4.78 is 0. The Morgan fingerprint density at radius 1 is 1.04 bits per heavy atom. The first-order chi connectivity index (χ1) is 12.7. The SMILES string of the molecule is O=C(CSc1nc(-c2ccccc2)cc(=O)[nH]1)NCCc1ccccc1. The molecule has 0 saturated carbocycles. The summed E-state index contributed by atoms with van der Waals surface area (Å²) in [6, 6.07) is 20.9. The monoisotopic (exact) mass is 365 g/mol. The number of aromatic amines is 1. The lowest BCUT2D eigenvalue weighted by Gasteiger charge is -2.06. The van der Waals surface area contributed by atoms with Crippen LogP contribution in [0.15, 0.2) is 76.7 Å². The zero-order valence-electron chi connectivity index (χ0n) is 14.1. The summed E-state index contributed by atoms with van der Waals surface area (Å²) in [5, 5.41) is 3.32. The maximum Gasteiger partial charge on any atom is 0.252 e. The molecule has 6 heteroatoms. The molecule has 0 aliphatic carbocycles. The van der Waals surface area contributed by atoms with Crippen LogP contribution >= 0.6 is 11.8 Å². The lowest BCUT2D eigenvalue weighted by atomic mass is 10.1. The molecular formula is C20H19N3O2S. The number of hydrogen-bond donors (Lipinski definition) is 2. The molecule has 2 aromatic carbocycles. The fraction of sp³-hybridized carbons (Fsp3) is 0.150. The molecule has 5 nitrogen and oxygen atoms in total. The minimum atomic E-state index is -0.231. The van der Waals surface area contributed by atoms with Crippen molar-refractivity contribution in [1.29, 1.82) is 0 Å². The van der Waals surface area contributed by atoms with Crippen LogP contribution in [-0.4, -0.2) is 28.2 Å². The summed E-state index contributed by atoms with van der Waals surface area (Å²) in [7, 11) is 0.